The molecule has 6 heteroatoms. The average molecular weight is 334 g/mol. The number of para-hydroxylation sites is 1. The quantitative estimate of drug-likeness (QED) is 0.550. The second-order valence-corrected chi connectivity index (χ2v) is 5.38. The van der Waals surface area contributed by atoms with E-state index in [4.69, 9.17) is 4.74 Å². The summed E-state index contributed by atoms with van der Waals surface area (Å²) in [5.41, 5.74) is 5.18. The number of phenolic OH excluding ortho intramolecular Hbond substituents is 1. The molecule has 0 aliphatic carbocycles. The van der Waals surface area contributed by atoms with Gasteiger partial charge >= 0.3 is 0 Å². The molecule has 3 aromatic rings. The highest BCUT2D eigenvalue weighted by Crippen LogP contribution is 2.26. The fourth-order valence-corrected chi connectivity index (χ4v) is 2.27. The first-order valence-electron chi connectivity index (χ1n) is 7.73. The van der Waals surface area contributed by atoms with Gasteiger partial charge < -0.3 is 9.84 Å². The number of phenols is 1. The smallest absolute Gasteiger partial charge is 0.165 e. The van der Waals surface area contributed by atoms with Crippen LogP contribution in [0.4, 0.5) is 5.82 Å². The van der Waals surface area contributed by atoms with Gasteiger partial charge in [0.15, 0.2) is 11.6 Å². The molecule has 0 fully saturated rings. The van der Waals surface area contributed by atoms with Crippen LogP contribution in [0.3, 0.4) is 0 Å². The van der Waals surface area contributed by atoms with Crippen molar-refractivity contribution in [2.75, 3.05) is 12.5 Å². The molecule has 0 amide bonds. The summed E-state index contributed by atoms with van der Waals surface area (Å²) in [6.07, 6.45) is 1.69. The number of nitrogens with one attached hydrogen (secondary N) is 1. The first-order chi connectivity index (χ1) is 12.2. The minimum atomic E-state index is 0.140. The third-order valence-corrected chi connectivity index (χ3v) is 3.51. The van der Waals surface area contributed by atoms with Gasteiger partial charge in [-0.05, 0) is 48.9 Å². The molecule has 0 unspecified atom stereocenters. The lowest BCUT2D eigenvalue weighted by atomic mass is 10.2. The molecule has 0 spiro atoms. The van der Waals surface area contributed by atoms with E-state index in [1.165, 1.54) is 0 Å². The van der Waals surface area contributed by atoms with E-state index < -0.39 is 0 Å². The molecular formula is C19H18N4O2. The first-order valence-corrected chi connectivity index (χ1v) is 7.73. The number of hydrogen-bond acceptors (Lipinski definition) is 6. The van der Waals surface area contributed by atoms with Gasteiger partial charge in [-0.25, -0.2) is 9.97 Å². The lowest BCUT2D eigenvalue weighted by Gasteiger charge is -2.07. The van der Waals surface area contributed by atoms with Gasteiger partial charge in [0, 0.05) is 11.8 Å². The van der Waals surface area contributed by atoms with Crippen LogP contribution >= 0.6 is 0 Å². The number of aromatic nitrogens is 2. The average Bonchev–Trinajstić information content (AvgIpc) is 2.62. The van der Waals surface area contributed by atoms with Crippen molar-refractivity contribution in [3.8, 4) is 22.9 Å². The Morgan fingerprint density at radius 1 is 1.08 bits per heavy atom. The van der Waals surface area contributed by atoms with E-state index in [0.29, 0.717) is 17.2 Å². The van der Waals surface area contributed by atoms with Gasteiger partial charge in [0.1, 0.15) is 11.5 Å². The number of aryl methyl sites for hydroxylation is 1. The number of methoxy groups -OCH3 is 1. The van der Waals surface area contributed by atoms with Gasteiger partial charge in [-0.15, -0.1) is 0 Å². The molecule has 6 nitrogen and oxygen atoms in total. The summed E-state index contributed by atoms with van der Waals surface area (Å²) in [5.74, 6) is 1.93. The Bertz CT molecular complexity index is 892. The molecule has 2 N–H and O–H groups in total. The van der Waals surface area contributed by atoms with Crippen molar-refractivity contribution in [3.63, 3.8) is 0 Å². The number of aromatic hydroxyl groups is 1. The van der Waals surface area contributed by atoms with Crippen molar-refractivity contribution in [1.82, 2.24) is 9.97 Å². The van der Waals surface area contributed by atoms with E-state index in [-0.39, 0.29) is 5.75 Å². The predicted molar refractivity (Wildman–Crippen MR) is 98.1 cm³/mol. The molecular weight excluding hydrogens is 316 g/mol. The van der Waals surface area contributed by atoms with E-state index in [0.717, 1.165) is 17.0 Å². The first kappa shape index (κ1) is 16.4. The van der Waals surface area contributed by atoms with Crippen LogP contribution in [0.2, 0.25) is 0 Å². The lowest BCUT2D eigenvalue weighted by Crippen LogP contribution is -1.99. The Morgan fingerprint density at radius 3 is 2.56 bits per heavy atom. The lowest BCUT2D eigenvalue weighted by molar-refractivity contribution is 0.415. The van der Waals surface area contributed by atoms with Crippen LogP contribution in [-0.2, 0) is 0 Å². The van der Waals surface area contributed by atoms with Gasteiger partial charge in [-0.1, -0.05) is 12.1 Å². The highest BCUT2D eigenvalue weighted by molar-refractivity contribution is 5.80. The van der Waals surface area contributed by atoms with Crippen LogP contribution < -0.4 is 10.2 Å². The van der Waals surface area contributed by atoms with Gasteiger partial charge in [-0.2, -0.15) is 5.10 Å². The third-order valence-electron chi connectivity index (χ3n) is 3.51. The van der Waals surface area contributed by atoms with Crippen LogP contribution in [0.25, 0.3) is 11.4 Å². The zero-order chi connectivity index (χ0) is 17.6. The van der Waals surface area contributed by atoms with Gasteiger partial charge in [-0.3, -0.25) is 5.43 Å². The molecule has 0 aliphatic heterocycles. The molecule has 126 valence electrons. The van der Waals surface area contributed by atoms with Gasteiger partial charge in [0.25, 0.3) is 0 Å². The van der Waals surface area contributed by atoms with E-state index in [2.05, 4.69) is 20.5 Å². The highest BCUT2D eigenvalue weighted by atomic mass is 16.5. The number of benzene rings is 2. The normalized spacial score (nSPS) is 10.8. The molecule has 1 heterocycles. The summed E-state index contributed by atoms with van der Waals surface area (Å²) in [6, 6.07) is 16.3. The minimum Gasteiger partial charge on any atom is -0.507 e. The van der Waals surface area contributed by atoms with Crippen molar-refractivity contribution in [3.05, 3.63) is 65.9 Å². The number of rotatable bonds is 5. The van der Waals surface area contributed by atoms with Crippen LogP contribution in [0.5, 0.6) is 11.5 Å². The molecule has 0 aliphatic rings. The maximum absolute atomic E-state index is 9.97. The fraction of sp³-hybridized carbons (Fsp3) is 0.105. The topological polar surface area (TPSA) is 79.6 Å². The summed E-state index contributed by atoms with van der Waals surface area (Å²) in [4.78, 5) is 8.78. The van der Waals surface area contributed by atoms with E-state index in [1.807, 2.05) is 37.3 Å². The van der Waals surface area contributed by atoms with Gasteiger partial charge in [0.05, 0.1) is 18.9 Å². The van der Waals surface area contributed by atoms with Crippen LogP contribution in [0, 0.1) is 6.92 Å². The van der Waals surface area contributed by atoms with Crippen molar-refractivity contribution < 1.29 is 9.84 Å². The molecule has 0 saturated heterocycles. The van der Waals surface area contributed by atoms with Crippen molar-refractivity contribution in [2.45, 2.75) is 6.92 Å². The Kier molecular flexibility index (Phi) is 4.89. The molecule has 0 bridgehead atoms. The van der Waals surface area contributed by atoms with Crippen molar-refractivity contribution in [2.24, 2.45) is 5.10 Å². The van der Waals surface area contributed by atoms with E-state index in [9.17, 15) is 5.11 Å². The summed E-state index contributed by atoms with van der Waals surface area (Å²) in [7, 11) is 1.63. The maximum Gasteiger partial charge on any atom is 0.165 e. The molecule has 0 radical (unpaired) electrons. The van der Waals surface area contributed by atoms with Crippen molar-refractivity contribution in [1.29, 1.82) is 0 Å². The number of ether oxygens (including phenoxy) is 1. The van der Waals surface area contributed by atoms with E-state index >= 15 is 0 Å². The molecule has 3 rings (SSSR count). The standard InChI is InChI=1S/C19H18N4O2/c1-13-11-18(22-19(21-13)16-5-3-4-6-17(16)24)23-20-12-14-7-9-15(25-2)10-8-14/h3-12,24H,1-2H3,(H,21,22,23)/b20-12+. The Balaban J connectivity index is 1.78. The zero-order valence-corrected chi connectivity index (χ0v) is 14.0. The number of anilines is 1. The number of hydrogen-bond donors (Lipinski definition) is 2. The zero-order valence-electron chi connectivity index (χ0n) is 14.0. The molecule has 1 aromatic heterocycles. The molecule has 0 saturated carbocycles. The van der Waals surface area contributed by atoms with Crippen molar-refractivity contribution >= 4 is 12.0 Å². The monoisotopic (exact) mass is 334 g/mol. The Hall–Kier alpha value is -3.41. The largest absolute Gasteiger partial charge is 0.507 e. The summed E-state index contributed by atoms with van der Waals surface area (Å²) in [6.45, 7) is 1.86. The third kappa shape index (κ3) is 4.11. The van der Waals surface area contributed by atoms with Crippen LogP contribution in [0.15, 0.2) is 59.7 Å². The summed E-state index contributed by atoms with van der Waals surface area (Å²) < 4.78 is 5.12. The molecule has 25 heavy (non-hydrogen) atoms. The molecule has 0 atom stereocenters. The highest BCUT2D eigenvalue weighted by Gasteiger charge is 2.08. The molecule has 2 aromatic carbocycles. The fourth-order valence-electron chi connectivity index (χ4n) is 2.27. The predicted octanol–water partition coefficient (Wildman–Crippen LogP) is 3.61. The van der Waals surface area contributed by atoms with Gasteiger partial charge in [0.2, 0.25) is 0 Å². The second kappa shape index (κ2) is 7.44. The Labute approximate surface area is 145 Å². The minimum absolute atomic E-state index is 0.140. The summed E-state index contributed by atoms with van der Waals surface area (Å²) >= 11 is 0. The summed E-state index contributed by atoms with van der Waals surface area (Å²) in [5, 5.41) is 14.2. The SMILES string of the molecule is COc1ccc(/C=N/Nc2cc(C)nc(-c3ccccc3O)n2)cc1. The number of hydrazone groups is 1. The number of nitrogens with zero attached hydrogens (tertiary/aromatic N) is 3. The Morgan fingerprint density at radius 2 is 1.84 bits per heavy atom. The second-order valence-electron chi connectivity index (χ2n) is 5.38. The maximum atomic E-state index is 9.97. The van der Waals surface area contributed by atoms with Crippen LogP contribution in [-0.4, -0.2) is 28.4 Å². The van der Waals surface area contributed by atoms with Crippen LogP contribution in [0.1, 0.15) is 11.3 Å². The van der Waals surface area contributed by atoms with E-state index in [1.54, 1.807) is 37.6 Å².